The number of ether oxygens (including phenoxy) is 12. The summed E-state index contributed by atoms with van der Waals surface area (Å²) in [4.78, 5) is 31.3. The van der Waals surface area contributed by atoms with Gasteiger partial charge in [-0.25, -0.2) is 9.59 Å². The summed E-state index contributed by atoms with van der Waals surface area (Å²) in [5.74, 6) is -6.45. The smallest absolute Gasteiger partial charge is 0.338 e. The number of rotatable bonds is 31. The molecule has 0 fully saturated rings. The molecule has 2 aliphatic rings. The third kappa shape index (κ3) is 18.7. The zero-order valence-corrected chi connectivity index (χ0v) is 64.7. The molecular weight excluding hydrogens is 1520 g/mol. The predicted molar refractivity (Wildman–Crippen MR) is 446 cm³/mol. The van der Waals surface area contributed by atoms with Crippen LogP contribution in [-0.4, -0.2) is 54.8 Å². The zero-order chi connectivity index (χ0) is 82.3. The Balaban J connectivity index is 0.971. The van der Waals surface area contributed by atoms with Crippen LogP contribution in [0, 0.1) is 0 Å². The van der Waals surface area contributed by atoms with Gasteiger partial charge < -0.3 is 87.5 Å². The van der Waals surface area contributed by atoms with Gasteiger partial charge in [-0.3, -0.25) is 0 Å². The van der Waals surface area contributed by atoms with Crippen molar-refractivity contribution in [1.29, 1.82) is 0 Å². The maximum absolute atomic E-state index is 16.0. The van der Waals surface area contributed by atoms with Crippen LogP contribution in [0.5, 0.6) is 92.0 Å². The van der Waals surface area contributed by atoms with Gasteiger partial charge in [0, 0.05) is 52.4 Å². The number of phenols is 6. The normalized spacial score (nSPS) is 15.1. The first-order valence-corrected chi connectivity index (χ1v) is 39.0. The fourth-order valence-corrected chi connectivity index (χ4v) is 14.5. The van der Waals surface area contributed by atoms with Crippen LogP contribution in [0.3, 0.4) is 0 Å². The monoisotopic (exact) mass is 1600 g/mol. The van der Waals surface area contributed by atoms with Crippen LogP contribution in [0.1, 0.15) is 111 Å². The Morgan fingerprint density at radius 1 is 0.300 bits per heavy atom. The van der Waals surface area contributed by atoms with Crippen LogP contribution < -0.4 is 47.4 Å². The molecule has 0 radical (unpaired) electrons. The summed E-state index contributed by atoms with van der Waals surface area (Å²) < 4.78 is 84.9. The molecule has 20 heteroatoms. The summed E-state index contributed by atoms with van der Waals surface area (Å²) in [6.45, 7) is 0.351. The highest BCUT2D eigenvalue weighted by molar-refractivity contribution is 5.92. The second-order valence-corrected chi connectivity index (χ2v) is 28.8. The first-order chi connectivity index (χ1) is 58.7. The van der Waals surface area contributed by atoms with E-state index in [4.69, 9.17) is 56.8 Å². The number of fused-ring (bicyclic) bond motifs is 2. The molecule has 0 saturated carbocycles. The van der Waals surface area contributed by atoms with Gasteiger partial charge in [-0.15, -0.1) is 0 Å². The average molecular weight is 1600 g/mol. The van der Waals surface area contributed by atoms with Crippen molar-refractivity contribution in [2.24, 2.45) is 0 Å². The third-order valence-corrected chi connectivity index (χ3v) is 20.5. The lowest BCUT2D eigenvalue weighted by Gasteiger charge is -2.43. The van der Waals surface area contributed by atoms with Crippen molar-refractivity contribution < 1.29 is 97.1 Å². The molecule has 6 N–H and O–H groups in total. The molecule has 0 aliphatic carbocycles. The fourth-order valence-electron chi connectivity index (χ4n) is 14.5. The molecule has 0 aromatic heterocycles. The van der Waals surface area contributed by atoms with Crippen molar-refractivity contribution in [2.75, 3.05) is 0 Å². The van der Waals surface area contributed by atoms with E-state index in [-0.39, 0.29) is 122 Å². The Labute approximate surface area is 691 Å². The van der Waals surface area contributed by atoms with Crippen LogP contribution in [0.2, 0.25) is 0 Å². The zero-order valence-electron chi connectivity index (χ0n) is 64.7. The van der Waals surface area contributed by atoms with Gasteiger partial charge in [0.1, 0.15) is 93.5 Å². The standard InChI is InChI=1S/C100H82O20/c101-77-45-73(46-78(102)93(77)105)99(107)118-89-53-76-83(112-58-66-31-15-4-16-32-66)54-87(116-62-70-39-23-8-24-40-70)91(97(76)119-95(89)71-41-43-81(110-56-64-27-11-2-12-28-64)84(49-71)113-59-67-33-17-5-18-34-67)92-90-86(115-61-69-37-21-7-22-38-69)51-75(109-55-63-25-9-1-10-26-63)52-88(90)117-96(98(92)120-100(108)74-47-79(103)94(106)80(104)48-74)72-42-44-82(111-57-65-29-13-3-14-30-65)85(50-72)114-60-68-35-19-6-20-36-68/h1-52,54,89,92,95-96,98,101-106H,53,55-62H2/t89-,92-,95-,96-,98-/m1/s1. The van der Waals surface area contributed by atoms with Crippen molar-refractivity contribution >= 4 is 11.9 Å². The number of carbonyl (C=O) groups is 2. The first-order valence-electron chi connectivity index (χ1n) is 39.0. The van der Waals surface area contributed by atoms with Gasteiger partial charge in [0.25, 0.3) is 0 Å². The molecule has 0 unspecified atom stereocenters. The maximum atomic E-state index is 16.0. The molecule has 0 amide bonds. The van der Waals surface area contributed by atoms with Crippen LogP contribution in [0.15, 0.2) is 322 Å². The molecule has 16 rings (SSSR count). The number of carbonyl (C=O) groups excluding carboxylic acids is 2. The molecule has 2 heterocycles. The molecule has 14 aromatic carbocycles. The Hall–Kier alpha value is -15.2. The van der Waals surface area contributed by atoms with E-state index in [1.165, 1.54) is 0 Å². The number of benzene rings is 14. The molecule has 20 nitrogen and oxygen atoms in total. The van der Waals surface area contributed by atoms with Gasteiger partial charge in [0.2, 0.25) is 0 Å². The minimum atomic E-state index is -1.68. The summed E-state index contributed by atoms with van der Waals surface area (Å²) in [5.41, 5.74) is 7.23. The van der Waals surface area contributed by atoms with Gasteiger partial charge in [-0.05, 0) is 93.0 Å². The lowest BCUT2D eigenvalue weighted by molar-refractivity contribution is -0.0306. The topological polar surface area (TPSA) is 266 Å². The minimum absolute atomic E-state index is 0.0328. The van der Waals surface area contributed by atoms with Crippen LogP contribution in [-0.2, 0) is 68.7 Å². The number of phenolic OH excluding ortho intramolecular Hbond substituents is 6. The molecule has 602 valence electrons. The van der Waals surface area contributed by atoms with E-state index in [0.29, 0.717) is 28.4 Å². The lowest BCUT2D eigenvalue weighted by atomic mass is 9.77. The third-order valence-electron chi connectivity index (χ3n) is 20.5. The largest absolute Gasteiger partial charge is 0.504 e. The predicted octanol–water partition coefficient (Wildman–Crippen LogP) is 19.9. The summed E-state index contributed by atoms with van der Waals surface area (Å²) in [6, 6.07) is 95.9. The second-order valence-electron chi connectivity index (χ2n) is 28.8. The lowest BCUT2D eigenvalue weighted by Crippen LogP contribution is -2.40. The minimum Gasteiger partial charge on any atom is -0.504 e. The van der Waals surface area contributed by atoms with E-state index in [1.807, 2.05) is 243 Å². The van der Waals surface area contributed by atoms with Crippen LogP contribution >= 0.6 is 0 Å². The van der Waals surface area contributed by atoms with Crippen LogP contribution in [0.25, 0.3) is 0 Å². The van der Waals surface area contributed by atoms with Crippen molar-refractivity contribution in [3.8, 4) is 92.0 Å². The van der Waals surface area contributed by atoms with Gasteiger partial charge in [-0.1, -0.05) is 255 Å². The Bertz CT molecular complexity index is 5820. The molecule has 0 spiro atoms. The molecular formula is C100H82O20. The second kappa shape index (κ2) is 36.7. The van der Waals surface area contributed by atoms with E-state index in [2.05, 4.69) is 0 Å². The summed E-state index contributed by atoms with van der Waals surface area (Å²) in [7, 11) is 0. The molecule has 5 atom stereocenters. The van der Waals surface area contributed by atoms with E-state index in [9.17, 15) is 30.6 Å². The molecule has 14 aromatic rings. The summed E-state index contributed by atoms with van der Waals surface area (Å²) in [5, 5.41) is 66.1. The molecule has 120 heavy (non-hydrogen) atoms. The fraction of sp³-hybridized carbons (Fsp3) is 0.140. The Morgan fingerprint density at radius 3 is 1.01 bits per heavy atom. The van der Waals surface area contributed by atoms with E-state index < -0.39 is 82.3 Å². The summed E-state index contributed by atoms with van der Waals surface area (Å²) >= 11 is 0. The molecule has 2 aliphatic heterocycles. The van der Waals surface area contributed by atoms with Gasteiger partial charge in [0.15, 0.2) is 75.8 Å². The Morgan fingerprint density at radius 2 is 0.625 bits per heavy atom. The molecule has 0 bridgehead atoms. The van der Waals surface area contributed by atoms with E-state index >= 15 is 9.59 Å². The SMILES string of the molecule is O=C(O[C@@H]1[C@@H](c2c(OCc3ccccc3)cc(OCc3ccccc3)c3c2O[C@H](c2ccc(OCc4ccccc4)c(OCc4ccccc4)c2)[C@H](OC(=O)c2cc(O)c(O)c(O)c2)C3)c2c(OCc3ccccc3)cc(OCc3ccccc3)cc2O[C@@H]1c1ccc(OCc2ccccc2)c(OCc2ccccc2)c1)c1cc(O)c(O)c(O)c1. The van der Waals surface area contributed by atoms with Crippen molar-refractivity contribution in [3.63, 3.8) is 0 Å². The van der Waals surface area contributed by atoms with Gasteiger partial charge in [-0.2, -0.15) is 0 Å². The number of hydrogen-bond acceptors (Lipinski definition) is 20. The first kappa shape index (κ1) is 78.7. The highest BCUT2D eigenvalue weighted by Crippen LogP contribution is 2.60. The quantitative estimate of drug-likeness (QED) is 0.0174. The number of esters is 2. The Kier molecular flexibility index (Phi) is 24.1. The van der Waals surface area contributed by atoms with Gasteiger partial charge in [0.05, 0.1) is 17.0 Å². The van der Waals surface area contributed by atoms with Crippen LogP contribution in [0.4, 0.5) is 0 Å². The maximum Gasteiger partial charge on any atom is 0.338 e. The number of aromatic hydroxyl groups is 6. The van der Waals surface area contributed by atoms with Crippen molar-refractivity contribution in [2.45, 2.75) is 89.6 Å². The van der Waals surface area contributed by atoms with Crippen molar-refractivity contribution in [1.82, 2.24) is 0 Å². The highest BCUT2D eigenvalue weighted by atomic mass is 16.6. The number of hydrogen-bond donors (Lipinski definition) is 6. The molecule has 0 saturated heterocycles. The highest BCUT2D eigenvalue weighted by Gasteiger charge is 2.51. The van der Waals surface area contributed by atoms with E-state index in [1.54, 1.807) is 54.6 Å². The van der Waals surface area contributed by atoms with Gasteiger partial charge >= 0.3 is 11.9 Å². The summed E-state index contributed by atoms with van der Waals surface area (Å²) in [6.07, 6.45) is -6.17. The van der Waals surface area contributed by atoms with Crippen molar-refractivity contribution in [3.05, 3.63) is 405 Å². The van der Waals surface area contributed by atoms with E-state index in [0.717, 1.165) is 68.8 Å². The average Bonchev–Trinajstić information content (AvgIpc) is 0.716.